The first-order chi connectivity index (χ1) is 13.1. The molecule has 0 fully saturated rings. The maximum Gasteiger partial charge on any atom is 0.356 e. The molecule has 5 heteroatoms. The van der Waals surface area contributed by atoms with Crippen LogP contribution in [0.4, 0.5) is 0 Å². The van der Waals surface area contributed by atoms with Crippen molar-refractivity contribution in [1.82, 2.24) is 0 Å². The zero-order chi connectivity index (χ0) is 21.2. The van der Waals surface area contributed by atoms with Gasteiger partial charge in [-0.3, -0.25) is 4.57 Å². The van der Waals surface area contributed by atoms with Crippen molar-refractivity contribution >= 4 is 13.7 Å². The van der Waals surface area contributed by atoms with Crippen LogP contribution in [0.1, 0.15) is 72.4 Å². The Morgan fingerprint density at radius 2 is 1.71 bits per heavy atom. The molecule has 0 aliphatic rings. The van der Waals surface area contributed by atoms with Crippen LogP contribution in [0.2, 0.25) is 0 Å². The Kier molecular flexibility index (Phi) is 11.0. The molecule has 28 heavy (non-hydrogen) atoms. The van der Waals surface area contributed by atoms with Crippen LogP contribution in [-0.4, -0.2) is 18.6 Å². The van der Waals surface area contributed by atoms with Gasteiger partial charge in [0.15, 0.2) is 0 Å². The van der Waals surface area contributed by atoms with E-state index in [-0.39, 0.29) is 18.6 Å². The van der Waals surface area contributed by atoms with Crippen molar-refractivity contribution in [2.24, 2.45) is 0 Å². The second-order valence-electron chi connectivity index (χ2n) is 7.95. The summed E-state index contributed by atoms with van der Waals surface area (Å²) in [6.45, 7) is 14.1. The van der Waals surface area contributed by atoms with Crippen LogP contribution in [0.3, 0.4) is 0 Å². The number of ether oxygens (including phenoxy) is 1. The molecule has 1 rings (SSSR count). The molecule has 0 N–H and O–H groups in total. The van der Waals surface area contributed by atoms with Gasteiger partial charge in [0.05, 0.1) is 18.8 Å². The van der Waals surface area contributed by atoms with Gasteiger partial charge in [0.25, 0.3) is 0 Å². The standard InChI is InChI=1S/C23H37O4P/c1-18(2)10-8-11-21(7)14-22-12-9-13-23(15-22)16-25-17-28(24,26-19(3)4)27-20(5)6/h9-10,12-15,19-20H,8,11,16-17H2,1-7H3/b21-14+. The molecule has 0 saturated carbocycles. The van der Waals surface area contributed by atoms with E-state index < -0.39 is 7.60 Å². The van der Waals surface area contributed by atoms with E-state index in [9.17, 15) is 4.57 Å². The van der Waals surface area contributed by atoms with E-state index in [0.29, 0.717) is 6.61 Å². The van der Waals surface area contributed by atoms with Gasteiger partial charge in [0, 0.05) is 0 Å². The second kappa shape index (κ2) is 12.4. The highest BCUT2D eigenvalue weighted by Crippen LogP contribution is 2.50. The maximum atomic E-state index is 12.8. The van der Waals surface area contributed by atoms with Gasteiger partial charge in [-0.25, -0.2) is 0 Å². The van der Waals surface area contributed by atoms with Crippen LogP contribution in [0.5, 0.6) is 0 Å². The molecule has 0 aliphatic heterocycles. The highest BCUT2D eigenvalue weighted by atomic mass is 31.2. The third-order valence-electron chi connectivity index (χ3n) is 3.72. The van der Waals surface area contributed by atoms with Crippen LogP contribution in [0.15, 0.2) is 41.5 Å². The van der Waals surface area contributed by atoms with E-state index in [0.717, 1.165) is 24.0 Å². The molecule has 0 spiro atoms. The van der Waals surface area contributed by atoms with Crippen LogP contribution >= 0.6 is 7.60 Å². The average Bonchev–Trinajstić information content (AvgIpc) is 2.53. The molecular formula is C23H37O4P. The molecule has 4 nitrogen and oxygen atoms in total. The molecule has 0 bridgehead atoms. The molecular weight excluding hydrogens is 371 g/mol. The van der Waals surface area contributed by atoms with Gasteiger partial charge < -0.3 is 13.8 Å². The van der Waals surface area contributed by atoms with Gasteiger partial charge in [-0.05, 0) is 78.5 Å². The zero-order valence-electron chi connectivity index (χ0n) is 18.5. The number of hydrogen-bond donors (Lipinski definition) is 0. The van der Waals surface area contributed by atoms with Crippen molar-refractivity contribution < 1.29 is 18.3 Å². The Balaban J connectivity index is 2.66. The zero-order valence-corrected chi connectivity index (χ0v) is 19.4. The maximum absolute atomic E-state index is 12.8. The molecule has 0 aromatic heterocycles. The van der Waals surface area contributed by atoms with Crippen LogP contribution in [0, 0.1) is 0 Å². The fourth-order valence-electron chi connectivity index (χ4n) is 2.72. The lowest BCUT2D eigenvalue weighted by Gasteiger charge is -2.22. The summed E-state index contributed by atoms with van der Waals surface area (Å²) in [6.07, 6.45) is 6.16. The number of allylic oxidation sites excluding steroid dienone is 3. The predicted octanol–water partition coefficient (Wildman–Crippen LogP) is 7.35. The van der Waals surface area contributed by atoms with Gasteiger partial charge in [-0.2, -0.15) is 0 Å². The first kappa shape index (κ1) is 24.8. The van der Waals surface area contributed by atoms with E-state index in [4.69, 9.17) is 13.8 Å². The molecule has 1 aromatic carbocycles. The monoisotopic (exact) mass is 408 g/mol. The Morgan fingerprint density at radius 1 is 1.07 bits per heavy atom. The minimum absolute atomic E-state index is 0.0504. The van der Waals surface area contributed by atoms with Crippen LogP contribution < -0.4 is 0 Å². The minimum Gasteiger partial charge on any atom is -0.364 e. The van der Waals surface area contributed by atoms with Gasteiger partial charge in [0.1, 0.15) is 6.35 Å². The second-order valence-corrected chi connectivity index (χ2v) is 9.85. The molecule has 1 aromatic rings. The van der Waals surface area contributed by atoms with Gasteiger partial charge >= 0.3 is 7.60 Å². The molecule has 158 valence electrons. The summed E-state index contributed by atoms with van der Waals surface area (Å²) in [5, 5.41) is 0. The lowest BCUT2D eigenvalue weighted by molar-refractivity contribution is 0.0931. The minimum atomic E-state index is -3.26. The Bertz CT molecular complexity index is 686. The Hall–Kier alpha value is -1.19. The first-order valence-electron chi connectivity index (χ1n) is 10.0. The molecule has 0 amide bonds. The van der Waals surface area contributed by atoms with Crippen molar-refractivity contribution in [1.29, 1.82) is 0 Å². The van der Waals surface area contributed by atoms with E-state index in [1.165, 1.54) is 11.1 Å². The fraction of sp³-hybridized carbons (Fsp3) is 0.565. The van der Waals surface area contributed by atoms with Gasteiger partial charge in [0.2, 0.25) is 0 Å². The van der Waals surface area contributed by atoms with E-state index in [1.807, 2.05) is 39.8 Å². The molecule has 0 saturated heterocycles. The van der Waals surface area contributed by atoms with Crippen molar-refractivity contribution in [2.45, 2.75) is 80.1 Å². The first-order valence-corrected chi connectivity index (χ1v) is 11.8. The van der Waals surface area contributed by atoms with Crippen molar-refractivity contribution in [3.05, 3.63) is 52.6 Å². The van der Waals surface area contributed by atoms with Gasteiger partial charge in [-0.1, -0.05) is 41.5 Å². The van der Waals surface area contributed by atoms with Gasteiger partial charge in [-0.15, -0.1) is 0 Å². The summed E-state index contributed by atoms with van der Waals surface area (Å²) >= 11 is 0. The highest BCUT2D eigenvalue weighted by Gasteiger charge is 2.28. The quantitative estimate of drug-likeness (QED) is 0.268. The molecule has 0 aliphatic carbocycles. The molecule has 0 atom stereocenters. The van der Waals surface area contributed by atoms with E-state index in [1.54, 1.807) is 0 Å². The number of hydrogen-bond acceptors (Lipinski definition) is 4. The van der Waals surface area contributed by atoms with Crippen LogP contribution in [-0.2, 0) is 25.0 Å². The number of benzene rings is 1. The smallest absolute Gasteiger partial charge is 0.356 e. The summed E-state index contributed by atoms with van der Waals surface area (Å²) in [5.41, 5.74) is 4.88. The molecule has 0 heterocycles. The average molecular weight is 409 g/mol. The number of rotatable bonds is 12. The summed E-state index contributed by atoms with van der Waals surface area (Å²) in [6, 6.07) is 8.21. The summed E-state index contributed by atoms with van der Waals surface area (Å²) in [7, 11) is -3.26. The SMILES string of the molecule is CC(C)=CCC/C(C)=C/c1cccc(COCP(=O)(OC(C)C)OC(C)C)c1. The topological polar surface area (TPSA) is 44.8 Å². The lowest BCUT2D eigenvalue weighted by Crippen LogP contribution is -2.11. The summed E-state index contributed by atoms with van der Waals surface area (Å²) in [5.74, 6) is 0. The predicted molar refractivity (Wildman–Crippen MR) is 118 cm³/mol. The third-order valence-corrected chi connectivity index (χ3v) is 5.70. The van der Waals surface area contributed by atoms with Crippen molar-refractivity contribution in [2.75, 3.05) is 6.35 Å². The lowest BCUT2D eigenvalue weighted by atomic mass is 10.1. The summed E-state index contributed by atoms with van der Waals surface area (Å²) < 4.78 is 29.5. The molecule has 0 unspecified atom stereocenters. The Morgan fingerprint density at radius 3 is 2.29 bits per heavy atom. The summed E-state index contributed by atoms with van der Waals surface area (Å²) in [4.78, 5) is 0. The van der Waals surface area contributed by atoms with E-state index >= 15 is 0 Å². The molecule has 0 radical (unpaired) electrons. The highest BCUT2D eigenvalue weighted by molar-refractivity contribution is 7.53. The normalized spacial score (nSPS) is 12.7. The van der Waals surface area contributed by atoms with E-state index in [2.05, 4.69) is 45.1 Å². The van der Waals surface area contributed by atoms with Crippen molar-refractivity contribution in [3.8, 4) is 0 Å². The third kappa shape index (κ3) is 11.0. The van der Waals surface area contributed by atoms with Crippen LogP contribution in [0.25, 0.3) is 6.08 Å². The largest absolute Gasteiger partial charge is 0.364 e. The van der Waals surface area contributed by atoms with Crippen molar-refractivity contribution in [3.63, 3.8) is 0 Å². The Labute approximate surface area is 171 Å². The fourth-order valence-corrected chi connectivity index (χ4v) is 4.49.